The Morgan fingerprint density at radius 2 is 1.30 bits per heavy atom. The van der Waals surface area contributed by atoms with E-state index in [9.17, 15) is 0 Å². The lowest BCUT2D eigenvalue weighted by Crippen LogP contribution is -1.96. The van der Waals surface area contributed by atoms with Crippen LogP contribution in [-0.4, -0.2) is 0 Å². The maximum absolute atomic E-state index is 2.27. The Balaban J connectivity index is 2.61. The van der Waals surface area contributed by atoms with Crippen molar-refractivity contribution < 1.29 is 0 Å². The highest BCUT2D eigenvalue weighted by Crippen LogP contribution is 2.33. The van der Waals surface area contributed by atoms with Crippen molar-refractivity contribution in [3.63, 3.8) is 0 Å². The molecule has 0 N–H and O–H groups in total. The van der Waals surface area contributed by atoms with Crippen LogP contribution >= 0.6 is 0 Å². The van der Waals surface area contributed by atoms with E-state index in [4.69, 9.17) is 0 Å². The molecule has 0 spiro atoms. The molecule has 2 aromatic carbocycles. The molecule has 2 aromatic rings. The van der Waals surface area contributed by atoms with Crippen LogP contribution in [-0.2, 0) is 6.42 Å². The summed E-state index contributed by atoms with van der Waals surface area (Å²) in [5.74, 6) is 0. The Morgan fingerprint density at radius 3 is 1.90 bits per heavy atom. The molecule has 0 aliphatic rings. The summed E-state index contributed by atoms with van der Waals surface area (Å²) in [6.45, 7) is 6.76. The molecular weight excluding hydrogens is 240 g/mol. The van der Waals surface area contributed by atoms with E-state index in [0.717, 1.165) is 19.3 Å². The number of hydrogen-bond donors (Lipinski definition) is 0. The minimum atomic E-state index is 1.07. The van der Waals surface area contributed by atoms with Gasteiger partial charge in [0, 0.05) is 0 Å². The van der Waals surface area contributed by atoms with Gasteiger partial charge in [-0.3, -0.25) is 0 Å². The summed E-state index contributed by atoms with van der Waals surface area (Å²) in [5.41, 5.74) is 7.22. The fourth-order valence-corrected chi connectivity index (χ4v) is 2.92. The molecule has 104 valence electrons. The zero-order chi connectivity index (χ0) is 14.4. The number of aryl methyl sites for hydroxylation is 1. The quantitative estimate of drug-likeness (QED) is 0.583. The van der Waals surface area contributed by atoms with Crippen molar-refractivity contribution >= 4 is 11.1 Å². The standard InChI is InChI=1S/C20H24/c1-4-16-12-10-11-15-20(16)19(6-3)18(5-2)17-13-8-7-9-14-17/h7-15H,4-6H2,1-3H3. The van der Waals surface area contributed by atoms with E-state index < -0.39 is 0 Å². The van der Waals surface area contributed by atoms with Gasteiger partial charge in [0.05, 0.1) is 0 Å². The van der Waals surface area contributed by atoms with Crippen LogP contribution in [0.15, 0.2) is 54.6 Å². The average Bonchev–Trinajstić information content (AvgIpc) is 2.53. The molecule has 0 heteroatoms. The van der Waals surface area contributed by atoms with Crippen molar-refractivity contribution in [1.82, 2.24) is 0 Å². The lowest BCUT2D eigenvalue weighted by molar-refractivity contribution is 1.11. The lowest BCUT2D eigenvalue weighted by Gasteiger charge is -2.16. The van der Waals surface area contributed by atoms with Crippen LogP contribution < -0.4 is 0 Å². The van der Waals surface area contributed by atoms with Gasteiger partial charge in [-0.05, 0) is 47.1 Å². The van der Waals surface area contributed by atoms with E-state index in [2.05, 4.69) is 75.4 Å². The van der Waals surface area contributed by atoms with Crippen LogP contribution in [0.4, 0.5) is 0 Å². The summed E-state index contributed by atoms with van der Waals surface area (Å²) in [6, 6.07) is 19.6. The maximum Gasteiger partial charge on any atom is -0.0190 e. The highest BCUT2D eigenvalue weighted by atomic mass is 14.2. The normalized spacial score (nSPS) is 12.2. The Hall–Kier alpha value is -1.82. The van der Waals surface area contributed by atoms with Gasteiger partial charge in [-0.15, -0.1) is 0 Å². The first-order valence-corrected chi connectivity index (χ1v) is 7.67. The largest absolute Gasteiger partial charge is 0.0622 e. The van der Waals surface area contributed by atoms with Gasteiger partial charge in [0.1, 0.15) is 0 Å². The minimum absolute atomic E-state index is 1.07. The van der Waals surface area contributed by atoms with Gasteiger partial charge in [-0.25, -0.2) is 0 Å². The predicted octanol–water partition coefficient (Wildman–Crippen LogP) is 5.98. The summed E-state index contributed by atoms with van der Waals surface area (Å²) in [6.07, 6.45) is 3.24. The molecule has 0 amide bonds. The Labute approximate surface area is 123 Å². The smallest absolute Gasteiger partial charge is 0.0190 e. The lowest BCUT2D eigenvalue weighted by atomic mass is 9.88. The molecule has 0 saturated heterocycles. The Morgan fingerprint density at radius 1 is 0.700 bits per heavy atom. The van der Waals surface area contributed by atoms with Gasteiger partial charge in [-0.2, -0.15) is 0 Å². The van der Waals surface area contributed by atoms with E-state index in [-0.39, 0.29) is 0 Å². The van der Waals surface area contributed by atoms with E-state index in [0.29, 0.717) is 0 Å². The van der Waals surface area contributed by atoms with Crippen molar-refractivity contribution in [1.29, 1.82) is 0 Å². The molecule has 0 saturated carbocycles. The molecule has 2 rings (SSSR count). The first-order chi connectivity index (χ1) is 9.81. The van der Waals surface area contributed by atoms with Crippen molar-refractivity contribution in [3.05, 3.63) is 71.3 Å². The Kier molecular flexibility index (Phi) is 5.17. The van der Waals surface area contributed by atoms with Crippen molar-refractivity contribution in [2.75, 3.05) is 0 Å². The third-order valence-corrected chi connectivity index (χ3v) is 3.92. The summed E-state index contributed by atoms with van der Waals surface area (Å²) >= 11 is 0. The molecule has 0 unspecified atom stereocenters. The van der Waals surface area contributed by atoms with Crippen LogP contribution in [0.3, 0.4) is 0 Å². The summed E-state index contributed by atoms with van der Waals surface area (Å²) in [7, 11) is 0. The van der Waals surface area contributed by atoms with Gasteiger partial charge in [-0.1, -0.05) is 75.4 Å². The zero-order valence-electron chi connectivity index (χ0n) is 12.8. The molecular formula is C20H24. The molecule has 0 aliphatic heterocycles. The van der Waals surface area contributed by atoms with Gasteiger partial charge in [0.15, 0.2) is 0 Å². The minimum Gasteiger partial charge on any atom is -0.0622 e. The first-order valence-electron chi connectivity index (χ1n) is 7.67. The second-order valence-electron chi connectivity index (χ2n) is 5.04. The molecule has 0 aliphatic carbocycles. The summed E-state index contributed by atoms with van der Waals surface area (Å²) in [5, 5.41) is 0. The Bertz CT molecular complexity index is 576. The van der Waals surface area contributed by atoms with E-state index in [1.165, 1.54) is 27.8 Å². The molecule has 0 heterocycles. The van der Waals surface area contributed by atoms with E-state index in [1.54, 1.807) is 0 Å². The summed E-state index contributed by atoms with van der Waals surface area (Å²) in [4.78, 5) is 0. The molecule has 20 heavy (non-hydrogen) atoms. The molecule has 0 nitrogen and oxygen atoms in total. The third-order valence-electron chi connectivity index (χ3n) is 3.92. The van der Waals surface area contributed by atoms with Crippen LogP contribution in [0.1, 0.15) is 50.3 Å². The average molecular weight is 264 g/mol. The maximum atomic E-state index is 2.27. The summed E-state index contributed by atoms with van der Waals surface area (Å²) < 4.78 is 0. The van der Waals surface area contributed by atoms with Crippen LogP contribution in [0, 0.1) is 0 Å². The van der Waals surface area contributed by atoms with Gasteiger partial charge >= 0.3 is 0 Å². The SMILES string of the molecule is CCC(=C(CC)c1ccccc1CC)c1ccccc1. The fourth-order valence-electron chi connectivity index (χ4n) is 2.92. The molecule has 0 bridgehead atoms. The monoisotopic (exact) mass is 264 g/mol. The highest BCUT2D eigenvalue weighted by molar-refractivity contribution is 5.91. The second kappa shape index (κ2) is 7.09. The molecule has 0 aromatic heterocycles. The van der Waals surface area contributed by atoms with Gasteiger partial charge in [0.2, 0.25) is 0 Å². The molecule has 0 atom stereocenters. The predicted molar refractivity (Wildman–Crippen MR) is 89.7 cm³/mol. The molecule has 0 radical (unpaired) electrons. The number of hydrogen-bond acceptors (Lipinski definition) is 0. The van der Waals surface area contributed by atoms with Crippen molar-refractivity contribution in [2.45, 2.75) is 40.0 Å². The van der Waals surface area contributed by atoms with E-state index >= 15 is 0 Å². The fraction of sp³-hybridized carbons (Fsp3) is 0.300. The van der Waals surface area contributed by atoms with Crippen molar-refractivity contribution in [3.8, 4) is 0 Å². The highest BCUT2D eigenvalue weighted by Gasteiger charge is 2.11. The second-order valence-corrected chi connectivity index (χ2v) is 5.04. The number of benzene rings is 2. The van der Waals surface area contributed by atoms with Crippen LogP contribution in [0.2, 0.25) is 0 Å². The van der Waals surface area contributed by atoms with Gasteiger partial charge < -0.3 is 0 Å². The number of allylic oxidation sites excluding steroid dienone is 2. The number of rotatable bonds is 5. The zero-order valence-corrected chi connectivity index (χ0v) is 12.8. The van der Waals surface area contributed by atoms with Crippen molar-refractivity contribution in [2.24, 2.45) is 0 Å². The van der Waals surface area contributed by atoms with Crippen LogP contribution in [0.5, 0.6) is 0 Å². The molecule has 0 fully saturated rings. The van der Waals surface area contributed by atoms with E-state index in [1.807, 2.05) is 0 Å². The third kappa shape index (κ3) is 3.01. The topological polar surface area (TPSA) is 0 Å². The first kappa shape index (κ1) is 14.6. The van der Waals surface area contributed by atoms with Crippen LogP contribution in [0.25, 0.3) is 11.1 Å². The van der Waals surface area contributed by atoms with Gasteiger partial charge in [0.25, 0.3) is 0 Å².